The molecule has 0 bridgehead atoms. The number of rotatable bonds is 6. The van der Waals surface area contributed by atoms with Crippen LogP contribution in [0, 0.1) is 6.92 Å². The third-order valence-corrected chi connectivity index (χ3v) is 3.61. The molecule has 0 spiro atoms. The van der Waals surface area contributed by atoms with Crippen molar-refractivity contribution in [2.24, 2.45) is 0 Å². The van der Waals surface area contributed by atoms with E-state index >= 15 is 0 Å². The average molecular weight is 331 g/mol. The molecule has 5 heteroatoms. The highest BCUT2D eigenvalue weighted by Gasteiger charge is 2.06. The molecule has 2 aromatic carbocycles. The van der Waals surface area contributed by atoms with Gasteiger partial charge in [-0.05, 0) is 36.8 Å². The van der Waals surface area contributed by atoms with Crippen molar-refractivity contribution in [2.75, 3.05) is 6.54 Å². The van der Waals surface area contributed by atoms with Crippen LogP contribution in [0.15, 0.2) is 48.5 Å². The molecular formula is C18H19ClN2O2. The number of aryl methyl sites for hydroxylation is 1. The van der Waals surface area contributed by atoms with Crippen LogP contribution in [0.2, 0.25) is 5.02 Å². The fourth-order valence-electron chi connectivity index (χ4n) is 1.99. The molecule has 0 saturated heterocycles. The van der Waals surface area contributed by atoms with Crippen LogP contribution >= 0.6 is 11.6 Å². The largest absolute Gasteiger partial charge is 0.352 e. The number of amides is 2. The number of benzene rings is 2. The van der Waals surface area contributed by atoms with E-state index in [0.717, 1.165) is 5.56 Å². The molecule has 0 atom stereocenters. The Bertz CT molecular complexity index is 666. The van der Waals surface area contributed by atoms with Crippen LogP contribution in [0.25, 0.3) is 0 Å². The molecule has 0 unspecified atom stereocenters. The highest BCUT2D eigenvalue weighted by molar-refractivity contribution is 6.30. The van der Waals surface area contributed by atoms with Crippen molar-refractivity contribution in [3.63, 3.8) is 0 Å². The Morgan fingerprint density at radius 3 is 2.26 bits per heavy atom. The first kappa shape index (κ1) is 17.0. The van der Waals surface area contributed by atoms with Gasteiger partial charge in [0.2, 0.25) is 5.91 Å². The Morgan fingerprint density at radius 1 is 0.957 bits per heavy atom. The summed E-state index contributed by atoms with van der Waals surface area (Å²) in [4.78, 5) is 23.6. The lowest BCUT2D eigenvalue weighted by Crippen LogP contribution is -2.30. The highest BCUT2D eigenvalue weighted by Crippen LogP contribution is 2.09. The molecule has 2 rings (SSSR count). The Hall–Kier alpha value is -2.33. The molecule has 0 fully saturated rings. The van der Waals surface area contributed by atoms with Crippen LogP contribution < -0.4 is 10.6 Å². The molecule has 23 heavy (non-hydrogen) atoms. The van der Waals surface area contributed by atoms with Crippen molar-refractivity contribution < 1.29 is 9.59 Å². The third-order valence-electron chi connectivity index (χ3n) is 3.35. The van der Waals surface area contributed by atoms with Gasteiger partial charge in [0.05, 0.1) is 0 Å². The summed E-state index contributed by atoms with van der Waals surface area (Å²) in [5.41, 5.74) is 2.76. The van der Waals surface area contributed by atoms with Gasteiger partial charge in [-0.3, -0.25) is 9.59 Å². The van der Waals surface area contributed by atoms with Gasteiger partial charge in [0, 0.05) is 30.1 Å². The minimum Gasteiger partial charge on any atom is -0.352 e. The van der Waals surface area contributed by atoms with Crippen molar-refractivity contribution in [1.29, 1.82) is 0 Å². The second-order valence-electron chi connectivity index (χ2n) is 5.28. The lowest BCUT2D eigenvalue weighted by Gasteiger charge is -2.07. The van der Waals surface area contributed by atoms with Crippen LogP contribution in [-0.2, 0) is 11.3 Å². The average Bonchev–Trinajstić information content (AvgIpc) is 2.55. The first-order valence-electron chi connectivity index (χ1n) is 7.40. The van der Waals surface area contributed by atoms with E-state index in [0.29, 0.717) is 23.7 Å². The van der Waals surface area contributed by atoms with Crippen LogP contribution in [0.1, 0.15) is 27.9 Å². The van der Waals surface area contributed by atoms with Gasteiger partial charge < -0.3 is 10.6 Å². The summed E-state index contributed by atoms with van der Waals surface area (Å²) in [6.45, 7) is 2.80. The standard InChI is InChI=1S/C18H19ClN2O2/c1-13-2-4-14(5-3-13)12-21-17(22)10-11-20-18(23)15-6-8-16(19)9-7-15/h2-9H,10-12H2,1H3,(H,20,23)(H,21,22). The topological polar surface area (TPSA) is 58.2 Å². The molecule has 120 valence electrons. The van der Waals surface area contributed by atoms with Crippen LogP contribution in [-0.4, -0.2) is 18.4 Å². The fraction of sp³-hybridized carbons (Fsp3) is 0.222. The third kappa shape index (κ3) is 5.75. The van der Waals surface area contributed by atoms with Gasteiger partial charge >= 0.3 is 0 Å². The van der Waals surface area contributed by atoms with Crippen molar-refractivity contribution in [3.8, 4) is 0 Å². The zero-order valence-electron chi connectivity index (χ0n) is 12.9. The van der Waals surface area contributed by atoms with Gasteiger partial charge in [0.1, 0.15) is 0 Å². The lowest BCUT2D eigenvalue weighted by molar-refractivity contribution is -0.121. The minimum atomic E-state index is -0.215. The molecule has 0 aromatic heterocycles. The van der Waals surface area contributed by atoms with Crippen molar-refractivity contribution in [2.45, 2.75) is 19.9 Å². The lowest BCUT2D eigenvalue weighted by atomic mass is 10.1. The molecule has 0 saturated carbocycles. The van der Waals surface area contributed by atoms with Gasteiger partial charge in [0.25, 0.3) is 5.91 Å². The Labute approximate surface area is 140 Å². The summed E-state index contributed by atoms with van der Waals surface area (Å²) in [5, 5.41) is 6.12. The molecule has 2 N–H and O–H groups in total. The minimum absolute atomic E-state index is 0.0954. The van der Waals surface area contributed by atoms with E-state index in [4.69, 9.17) is 11.6 Å². The first-order chi connectivity index (χ1) is 11.0. The number of carbonyl (C=O) groups excluding carboxylic acids is 2. The maximum Gasteiger partial charge on any atom is 0.251 e. The molecule has 0 radical (unpaired) electrons. The maximum atomic E-state index is 11.9. The molecule has 0 heterocycles. The highest BCUT2D eigenvalue weighted by atomic mass is 35.5. The molecule has 4 nitrogen and oxygen atoms in total. The molecule has 2 amide bonds. The van der Waals surface area contributed by atoms with E-state index < -0.39 is 0 Å². The second-order valence-corrected chi connectivity index (χ2v) is 5.71. The van der Waals surface area contributed by atoms with E-state index in [9.17, 15) is 9.59 Å². The summed E-state index contributed by atoms with van der Waals surface area (Å²) in [5.74, 6) is -0.310. The van der Waals surface area contributed by atoms with Gasteiger partial charge in [0.15, 0.2) is 0 Å². The van der Waals surface area contributed by atoms with E-state index in [2.05, 4.69) is 10.6 Å². The van der Waals surface area contributed by atoms with Crippen LogP contribution in [0.3, 0.4) is 0 Å². The first-order valence-corrected chi connectivity index (χ1v) is 7.78. The van der Waals surface area contributed by atoms with Crippen molar-refractivity contribution in [3.05, 3.63) is 70.2 Å². The number of hydrogen-bond acceptors (Lipinski definition) is 2. The van der Waals surface area contributed by atoms with Crippen LogP contribution in [0.5, 0.6) is 0 Å². The van der Waals surface area contributed by atoms with Gasteiger partial charge in [-0.15, -0.1) is 0 Å². The quantitative estimate of drug-likeness (QED) is 0.855. The molecule has 0 aliphatic heterocycles. The van der Waals surface area contributed by atoms with E-state index in [1.807, 2.05) is 31.2 Å². The predicted molar refractivity (Wildman–Crippen MR) is 91.4 cm³/mol. The Kier molecular flexibility index (Phi) is 6.18. The molecule has 0 aliphatic rings. The van der Waals surface area contributed by atoms with E-state index in [1.54, 1.807) is 24.3 Å². The van der Waals surface area contributed by atoms with Gasteiger partial charge in [-0.25, -0.2) is 0 Å². The van der Waals surface area contributed by atoms with Gasteiger partial charge in [-0.2, -0.15) is 0 Å². The predicted octanol–water partition coefficient (Wildman–Crippen LogP) is 3.08. The van der Waals surface area contributed by atoms with Crippen molar-refractivity contribution >= 4 is 23.4 Å². The normalized spacial score (nSPS) is 10.2. The summed E-state index contributed by atoms with van der Waals surface area (Å²) >= 11 is 5.77. The number of halogens is 1. The summed E-state index contributed by atoms with van der Waals surface area (Å²) in [6.07, 6.45) is 0.241. The zero-order valence-corrected chi connectivity index (χ0v) is 13.7. The summed E-state index contributed by atoms with van der Waals surface area (Å²) < 4.78 is 0. The van der Waals surface area contributed by atoms with Crippen molar-refractivity contribution in [1.82, 2.24) is 10.6 Å². The number of hydrogen-bond donors (Lipinski definition) is 2. The SMILES string of the molecule is Cc1ccc(CNC(=O)CCNC(=O)c2ccc(Cl)cc2)cc1. The number of nitrogens with one attached hydrogen (secondary N) is 2. The molecule has 2 aromatic rings. The molecule has 0 aliphatic carbocycles. The smallest absolute Gasteiger partial charge is 0.251 e. The maximum absolute atomic E-state index is 11.9. The summed E-state index contributed by atoms with van der Waals surface area (Å²) in [6, 6.07) is 14.6. The molecular weight excluding hydrogens is 312 g/mol. The Balaban J connectivity index is 1.69. The monoisotopic (exact) mass is 330 g/mol. The second kappa shape index (κ2) is 8.34. The zero-order chi connectivity index (χ0) is 16.7. The summed E-state index contributed by atoms with van der Waals surface area (Å²) in [7, 11) is 0. The number of carbonyl (C=O) groups is 2. The fourth-order valence-corrected chi connectivity index (χ4v) is 2.11. The van der Waals surface area contributed by atoms with Gasteiger partial charge in [-0.1, -0.05) is 41.4 Å². The Morgan fingerprint density at radius 2 is 1.61 bits per heavy atom. The van der Waals surface area contributed by atoms with E-state index in [-0.39, 0.29) is 18.2 Å². The van der Waals surface area contributed by atoms with Crippen LogP contribution in [0.4, 0.5) is 0 Å². The van der Waals surface area contributed by atoms with E-state index in [1.165, 1.54) is 5.56 Å².